The zero-order valence-electron chi connectivity index (χ0n) is 7.72. The second kappa shape index (κ2) is 8.47. The third-order valence-corrected chi connectivity index (χ3v) is 1.03. The summed E-state index contributed by atoms with van der Waals surface area (Å²) in [6, 6.07) is 0. The molecule has 0 saturated carbocycles. The smallest absolute Gasteiger partial charge is 0.209 e. The first kappa shape index (κ1) is 12.2. The first-order valence-electron chi connectivity index (χ1n) is 3.66. The Kier molecular flexibility index (Phi) is 10.3. The molecule has 62 valence electrons. The van der Waals surface area contributed by atoms with Crippen molar-refractivity contribution in [2.24, 2.45) is 5.92 Å². The quantitative estimate of drug-likeness (QED) is 0.542. The van der Waals surface area contributed by atoms with Gasteiger partial charge in [-0.1, -0.05) is 27.2 Å². The van der Waals surface area contributed by atoms with Crippen molar-refractivity contribution in [3.05, 3.63) is 0 Å². The fourth-order valence-electron chi connectivity index (χ4n) is 0. The molecular formula is C8H19NO. The van der Waals surface area contributed by atoms with Crippen LogP contribution >= 0.6 is 0 Å². The molecule has 0 aromatic rings. The molecule has 2 nitrogen and oxygen atoms in total. The lowest BCUT2D eigenvalue weighted by molar-refractivity contribution is -0.115. The Morgan fingerprint density at radius 2 is 1.60 bits per heavy atom. The minimum atomic E-state index is 0.750. The monoisotopic (exact) mass is 145 g/mol. The van der Waals surface area contributed by atoms with E-state index in [4.69, 9.17) is 0 Å². The average Bonchev–Trinajstić information content (AvgIpc) is 1.89. The maximum absolute atomic E-state index is 9.43. The average molecular weight is 145 g/mol. The van der Waals surface area contributed by atoms with Crippen molar-refractivity contribution in [2.75, 3.05) is 14.1 Å². The molecule has 0 aliphatic rings. The molecule has 10 heavy (non-hydrogen) atoms. The molecule has 2 heteroatoms. The number of carbonyl (C=O) groups is 1. The number of rotatable bonds is 2. The van der Waals surface area contributed by atoms with E-state index in [0.717, 1.165) is 12.3 Å². The lowest BCUT2D eigenvalue weighted by Gasteiger charge is -1.93. The maximum Gasteiger partial charge on any atom is 0.209 e. The number of carbonyl (C=O) groups excluding carboxylic acids is 1. The van der Waals surface area contributed by atoms with Gasteiger partial charge in [-0.2, -0.15) is 0 Å². The standard InChI is InChI=1S/C5H12.C3H7NO/c1-4-5(2)3;1-4(2)3-5/h5H,4H2,1-3H3;3H,1-2H3. The summed E-state index contributed by atoms with van der Waals surface area (Å²) in [7, 11) is 3.38. The molecule has 0 spiro atoms. The van der Waals surface area contributed by atoms with E-state index in [-0.39, 0.29) is 0 Å². The molecule has 0 radical (unpaired) electrons. The summed E-state index contributed by atoms with van der Waals surface area (Å²) in [4.78, 5) is 10.9. The van der Waals surface area contributed by atoms with Crippen LogP contribution in [0.5, 0.6) is 0 Å². The molecule has 0 saturated heterocycles. The van der Waals surface area contributed by atoms with Gasteiger partial charge in [-0.05, 0) is 5.92 Å². The minimum Gasteiger partial charge on any atom is -0.351 e. The van der Waals surface area contributed by atoms with Crippen LogP contribution in [0.2, 0.25) is 0 Å². The number of hydrogen-bond donors (Lipinski definition) is 0. The van der Waals surface area contributed by atoms with Crippen molar-refractivity contribution in [1.82, 2.24) is 4.90 Å². The van der Waals surface area contributed by atoms with Crippen LogP contribution in [0.25, 0.3) is 0 Å². The van der Waals surface area contributed by atoms with Crippen LogP contribution in [-0.4, -0.2) is 25.4 Å². The highest BCUT2D eigenvalue weighted by atomic mass is 16.1. The maximum atomic E-state index is 9.43. The summed E-state index contributed by atoms with van der Waals surface area (Å²) in [5, 5.41) is 0. The van der Waals surface area contributed by atoms with E-state index in [2.05, 4.69) is 20.8 Å². The molecule has 0 unspecified atom stereocenters. The van der Waals surface area contributed by atoms with Gasteiger partial charge < -0.3 is 4.90 Å². The molecule has 0 atom stereocenters. The van der Waals surface area contributed by atoms with Crippen LogP contribution in [0, 0.1) is 5.92 Å². The van der Waals surface area contributed by atoms with Gasteiger partial charge in [-0.15, -0.1) is 0 Å². The van der Waals surface area contributed by atoms with Gasteiger partial charge in [0.1, 0.15) is 0 Å². The zero-order chi connectivity index (χ0) is 8.57. The van der Waals surface area contributed by atoms with E-state index in [1.165, 1.54) is 11.3 Å². The Hall–Kier alpha value is -0.530. The third kappa shape index (κ3) is 26.0. The van der Waals surface area contributed by atoms with Crippen LogP contribution in [0.3, 0.4) is 0 Å². The molecule has 0 aromatic heterocycles. The molecule has 0 N–H and O–H groups in total. The molecule has 0 aliphatic carbocycles. The third-order valence-electron chi connectivity index (χ3n) is 1.03. The summed E-state index contributed by atoms with van der Waals surface area (Å²) in [6.45, 7) is 6.64. The van der Waals surface area contributed by atoms with Crippen LogP contribution in [0.15, 0.2) is 0 Å². The van der Waals surface area contributed by atoms with Gasteiger partial charge in [-0.3, -0.25) is 4.79 Å². The van der Waals surface area contributed by atoms with Crippen molar-refractivity contribution in [2.45, 2.75) is 27.2 Å². The van der Waals surface area contributed by atoms with E-state index in [1.54, 1.807) is 14.1 Å². The first-order chi connectivity index (χ1) is 4.54. The van der Waals surface area contributed by atoms with E-state index >= 15 is 0 Å². The summed E-state index contributed by atoms with van der Waals surface area (Å²) in [5.41, 5.74) is 0. The number of amides is 1. The Morgan fingerprint density at radius 1 is 1.40 bits per heavy atom. The largest absolute Gasteiger partial charge is 0.351 e. The molecule has 1 amide bonds. The van der Waals surface area contributed by atoms with Gasteiger partial charge in [0.2, 0.25) is 6.41 Å². The van der Waals surface area contributed by atoms with E-state index in [9.17, 15) is 4.79 Å². The van der Waals surface area contributed by atoms with Gasteiger partial charge in [0.25, 0.3) is 0 Å². The molecule has 0 fully saturated rings. The van der Waals surface area contributed by atoms with E-state index in [0.29, 0.717) is 0 Å². The number of nitrogens with zero attached hydrogens (tertiary/aromatic N) is 1. The Labute approximate surface area is 64.2 Å². The highest BCUT2D eigenvalue weighted by Gasteiger charge is 1.80. The highest BCUT2D eigenvalue weighted by Crippen LogP contribution is 1.93. The molecule has 0 heterocycles. The second-order valence-electron chi connectivity index (χ2n) is 2.87. The Balaban J connectivity index is 0. The second-order valence-corrected chi connectivity index (χ2v) is 2.87. The van der Waals surface area contributed by atoms with E-state index < -0.39 is 0 Å². The molecule has 0 bridgehead atoms. The molecular weight excluding hydrogens is 126 g/mol. The number of hydrogen-bond acceptors (Lipinski definition) is 1. The van der Waals surface area contributed by atoms with Crippen LogP contribution in [0.4, 0.5) is 0 Å². The van der Waals surface area contributed by atoms with Crippen molar-refractivity contribution < 1.29 is 4.79 Å². The molecule has 0 rings (SSSR count). The summed E-state index contributed by atoms with van der Waals surface area (Å²) < 4.78 is 0. The minimum absolute atomic E-state index is 0.750. The van der Waals surface area contributed by atoms with Gasteiger partial charge in [0, 0.05) is 14.1 Å². The van der Waals surface area contributed by atoms with Crippen LogP contribution < -0.4 is 0 Å². The lowest BCUT2D eigenvalue weighted by atomic mass is 10.2. The lowest BCUT2D eigenvalue weighted by Crippen LogP contribution is -2.06. The SMILES string of the molecule is CCC(C)C.CN(C)C=O. The normalized spacial score (nSPS) is 8.20. The topological polar surface area (TPSA) is 20.3 Å². The Morgan fingerprint density at radius 3 is 1.60 bits per heavy atom. The van der Waals surface area contributed by atoms with Gasteiger partial charge in [0.15, 0.2) is 0 Å². The van der Waals surface area contributed by atoms with Gasteiger partial charge in [-0.25, -0.2) is 0 Å². The van der Waals surface area contributed by atoms with Crippen LogP contribution in [-0.2, 0) is 4.79 Å². The highest BCUT2D eigenvalue weighted by molar-refractivity contribution is 5.45. The molecule has 0 aromatic carbocycles. The van der Waals surface area contributed by atoms with E-state index in [1.807, 2.05) is 0 Å². The first-order valence-corrected chi connectivity index (χ1v) is 3.66. The van der Waals surface area contributed by atoms with Gasteiger partial charge in [0.05, 0.1) is 0 Å². The molecule has 0 aliphatic heterocycles. The zero-order valence-corrected chi connectivity index (χ0v) is 7.72. The fraction of sp³-hybridized carbons (Fsp3) is 0.875. The fourth-order valence-corrected chi connectivity index (χ4v) is 0. The van der Waals surface area contributed by atoms with Crippen LogP contribution in [0.1, 0.15) is 27.2 Å². The van der Waals surface area contributed by atoms with Crippen molar-refractivity contribution >= 4 is 6.41 Å². The summed E-state index contributed by atoms with van der Waals surface area (Å²) in [5.74, 6) is 0.884. The predicted molar refractivity (Wildman–Crippen MR) is 44.9 cm³/mol. The predicted octanol–water partition coefficient (Wildman–Crippen LogP) is 1.76. The van der Waals surface area contributed by atoms with Crippen molar-refractivity contribution in [3.8, 4) is 0 Å². The van der Waals surface area contributed by atoms with Crippen molar-refractivity contribution in [1.29, 1.82) is 0 Å². The Bertz CT molecular complexity index is 69.7. The summed E-state index contributed by atoms with van der Waals surface area (Å²) in [6.07, 6.45) is 2.06. The van der Waals surface area contributed by atoms with Crippen molar-refractivity contribution in [3.63, 3.8) is 0 Å². The van der Waals surface area contributed by atoms with Gasteiger partial charge >= 0.3 is 0 Å². The summed E-state index contributed by atoms with van der Waals surface area (Å²) >= 11 is 0.